The number of hydrogen-bond donors (Lipinski definition) is 2. The summed E-state index contributed by atoms with van der Waals surface area (Å²) < 4.78 is 5.09. The summed E-state index contributed by atoms with van der Waals surface area (Å²) >= 11 is 0. The molecular formula is C18H39N5O. The van der Waals surface area contributed by atoms with Crippen molar-refractivity contribution in [3.63, 3.8) is 0 Å². The molecule has 2 N–H and O–H groups in total. The van der Waals surface area contributed by atoms with Gasteiger partial charge in [0, 0.05) is 53.0 Å². The lowest BCUT2D eigenvalue weighted by molar-refractivity contribution is 0.180. The average molecular weight is 342 g/mol. The molecule has 6 heteroatoms. The maximum atomic E-state index is 5.09. The van der Waals surface area contributed by atoms with E-state index >= 15 is 0 Å². The summed E-state index contributed by atoms with van der Waals surface area (Å²) in [6.07, 6.45) is 3.75. The van der Waals surface area contributed by atoms with E-state index in [1.165, 1.54) is 25.9 Å². The van der Waals surface area contributed by atoms with E-state index in [4.69, 9.17) is 4.74 Å². The lowest BCUT2D eigenvalue weighted by Crippen LogP contribution is -2.49. The number of aliphatic imine (C=N–C) groups is 1. The van der Waals surface area contributed by atoms with E-state index in [1.54, 1.807) is 7.11 Å². The van der Waals surface area contributed by atoms with Crippen LogP contribution in [0.15, 0.2) is 4.99 Å². The Morgan fingerprint density at radius 2 is 1.92 bits per heavy atom. The van der Waals surface area contributed by atoms with Gasteiger partial charge in [0.2, 0.25) is 0 Å². The maximum absolute atomic E-state index is 5.09. The van der Waals surface area contributed by atoms with Crippen LogP contribution in [0.1, 0.15) is 33.1 Å². The summed E-state index contributed by atoms with van der Waals surface area (Å²) in [5.74, 6) is 1.56. The molecule has 1 aliphatic rings. The van der Waals surface area contributed by atoms with E-state index in [2.05, 4.69) is 46.3 Å². The highest BCUT2D eigenvalue weighted by Gasteiger charge is 2.24. The molecule has 1 saturated heterocycles. The van der Waals surface area contributed by atoms with Gasteiger partial charge in [0.1, 0.15) is 0 Å². The van der Waals surface area contributed by atoms with E-state index in [1.807, 2.05) is 7.05 Å². The van der Waals surface area contributed by atoms with Crippen LogP contribution in [0, 0.1) is 5.92 Å². The second-order valence-electron chi connectivity index (χ2n) is 7.08. The van der Waals surface area contributed by atoms with Gasteiger partial charge in [0.15, 0.2) is 5.96 Å². The van der Waals surface area contributed by atoms with Crippen LogP contribution in [0.4, 0.5) is 0 Å². The normalized spacial score (nSPS) is 17.7. The Hall–Kier alpha value is -0.850. The van der Waals surface area contributed by atoms with E-state index in [9.17, 15) is 0 Å². The fourth-order valence-corrected chi connectivity index (χ4v) is 3.24. The summed E-state index contributed by atoms with van der Waals surface area (Å²) in [5, 5.41) is 6.94. The van der Waals surface area contributed by atoms with Crippen molar-refractivity contribution in [2.24, 2.45) is 10.9 Å². The van der Waals surface area contributed by atoms with Crippen LogP contribution in [-0.2, 0) is 4.74 Å². The first kappa shape index (κ1) is 21.2. The van der Waals surface area contributed by atoms with Gasteiger partial charge in [-0.05, 0) is 45.3 Å². The summed E-state index contributed by atoms with van der Waals surface area (Å²) in [7, 11) is 5.75. The molecule has 1 fully saturated rings. The Kier molecular flexibility index (Phi) is 11.0. The Morgan fingerprint density at radius 3 is 2.50 bits per heavy atom. The van der Waals surface area contributed by atoms with Crippen LogP contribution >= 0.6 is 0 Å². The third-order valence-electron chi connectivity index (χ3n) is 4.76. The molecule has 6 nitrogen and oxygen atoms in total. The molecule has 1 unspecified atom stereocenters. The van der Waals surface area contributed by atoms with Crippen LogP contribution < -0.4 is 10.6 Å². The average Bonchev–Trinajstić information content (AvgIpc) is 3.07. The van der Waals surface area contributed by atoms with Gasteiger partial charge in [-0.15, -0.1) is 0 Å². The first-order valence-corrected chi connectivity index (χ1v) is 9.44. The number of likely N-dealkylation sites (tertiary alicyclic amines) is 1. The van der Waals surface area contributed by atoms with Crippen molar-refractivity contribution in [3.05, 3.63) is 0 Å². The number of guanidine groups is 1. The van der Waals surface area contributed by atoms with Crippen LogP contribution in [0.25, 0.3) is 0 Å². The molecule has 0 aromatic carbocycles. The predicted octanol–water partition coefficient (Wildman–Crippen LogP) is 1.24. The van der Waals surface area contributed by atoms with E-state index in [0.29, 0.717) is 12.0 Å². The van der Waals surface area contributed by atoms with Gasteiger partial charge in [-0.1, -0.05) is 13.8 Å². The highest BCUT2D eigenvalue weighted by atomic mass is 16.5. The standard InChI is InChI=1S/C18H39N5O/c1-16(2)17(23-11-6-7-12-23)15-21-18(19-3)20-9-13-22(4)10-8-14-24-5/h16-17H,6-15H2,1-5H3,(H2,19,20,21). The molecule has 0 radical (unpaired) electrons. The van der Waals surface area contributed by atoms with E-state index in [0.717, 1.165) is 45.2 Å². The highest BCUT2D eigenvalue weighted by Crippen LogP contribution is 2.16. The second kappa shape index (κ2) is 12.5. The molecule has 24 heavy (non-hydrogen) atoms. The molecule has 0 aromatic rings. The van der Waals surface area contributed by atoms with Crippen molar-refractivity contribution < 1.29 is 4.74 Å². The SMILES string of the molecule is CN=C(NCCN(C)CCCOC)NCC(C(C)C)N1CCCC1. The molecule has 1 heterocycles. The summed E-state index contributed by atoms with van der Waals surface area (Å²) in [5.41, 5.74) is 0. The minimum Gasteiger partial charge on any atom is -0.385 e. The van der Waals surface area contributed by atoms with Gasteiger partial charge in [-0.2, -0.15) is 0 Å². The van der Waals surface area contributed by atoms with Gasteiger partial charge >= 0.3 is 0 Å². The first-order chi connectivity index (χ1) is 11.6. The van der Waals surface area contributed by atoms with E-state index in [-0.39, 0.29) is 0 Å². The summed E-state index contributed by atoms with van der Waals surface area (Å²) in [6.45, 7) is 11.9. The molecule has 142 valence electrons. The lowest BCUT2D eigenvalue weighted by Gasteiger charge is -2.31. The number of nitrogens with one attached hydrogen (secondary N) is 2. The maximum Gasteiger partial charge on any atom is 0.191 e. The number of ether oxygens (including phenoxy) is 1. The minimum absolute atomic E-state index is 0.586. The molecule has 0 aromatic heterocycles. The predicted molar refractivity (Wildman–Crippen MR) is 103 cm³/mol. The quantitative estimate of drug-likeness (QED) is 0.336. The zero-order valence-electron chi connectivity index (χ0n) is 16.5. The van der Waals surface area contributed by atoms with Crippen molar-refractivity contribution in [2.75, 3.05) is 67.1 Å². The summed E-state index contributed by atoms with van der Waals surface area (Å²) in [4.78, 5) is 9.30. The van der Waals surface area contributed by atoms with Crippen LogP contribution in [0.2, 0.25) is 0 Å². The zero-order chi connectivity index (χ0) is 17.8. The van der Waals surface area contributed by atoms with Crippen LogP contribution in [0.3, 0.4) is 0 Å². The van der Waals surface area contributed by atoms with E-state index < -0.39 is 0 Å². The molecule has 1 atom stereocenters. The van der Waals surface area contributed by atoms with Gasteiger partial charge in [0.05, 0.1) is 0 Å². The Labute approximate surface area is 149 Å². The molecule has 0 amide bonds. The highest BCUT2D eigenvalue weighted by molar-refractivity contribution is 5.79. The lowest BCUT2D eigenvalue weighted by atomic mass is 10.0. The number of rotatable bonds is 11. The Bertz CT molecular complexity index is 342. The third kappa shape index (κ3) is 8.31. The molecule has 1 rings (SSSR count). The fraction of sp³-hybridized carbons (Fsp3) is 0.944. The Balaban J connectivity index is 2.26. The monoisotopic (exact) mass is 341 g/mol. The zero-order valence-corrected chi connectivity index (χ0v) is 16.5. The van der Waals surface area contributed by atoms with Crippen molar-refractivity contribution >= 4 is 5.96 Å². The first-order valence-electron chi connectivity index (χ1n) is 9.44. The van der Waals surface area contributed by atoms with Gasteiger partial charge in [0.25, 0.3) is 0 Å². The molecule has 0 aliphatic carbocycles. The molecule has 1 aliphatic heterocycles. The smallest absolute Gasteiger partial charge is 0.191 e. The molecule has 0 spiro atoms. The van der Waals surface area contributed by atoms with Gasteiger partial charge in [-0.3, -0.25) is 9.89 Å². The molecule has 0 bridgehead atoms. The molecular weight excluding hydrogens is 302 g/mol. The van der Waals surface area contributed by atoms with Gasteiger partial charge in [-0.25, -0.2) is 0 Å². The fourth-order valence-electron chi connectivity index (χ4n) is 3.24. The number of nitrogens with zero attached hydrogens (tertiary/aromatic N) is 3. The Morgan fingerprint density at radius 1 is 1.21 bits per heavy atom. The second-order valence-corrected chi connectivity index (χ2v) is 7.08. The summed E-state index contributed by atoms with van der Waals surface area (Å²) in [6, 6.07) is 0.586. The topological polar surface area (TPSA) is 52.1 Å². The number of likely N-dealkylation sites (N-methyl/N-ethyl adjacent to an activating group) is 1. The molecule has 0 saturated carbocycles. The van der Waals surface area contributed by atoms with Gasteiger partial charge < -0.3 is 20.3 Å². The van der Waals surface area contributed by atoms with Crippen molar-refractivity contribution in [3.8, 4) is 0 Å². The largest absolute Gasteiger partial charge is 0.385 e. The third-order valence-corrected chi connectivity index (χ3v) is 4.76. The minimum atomic E-state index is 0.586. The van der Waals surface area contributed by atoms with Crippen molar-refractivity contribution in [1.82, 2.24) is 20.4 Å². The van der Waals surface area contributed by atoms with Crippen molar-refractivity contribution in [2.45, 2.75) is 39.2 Å². The number of methoxy groups -OCH3 is 1. The number of hydrogen-bond acceptors (Lipinski definition) is 4. The van der Waals surface area contributed by atoms with Crippen LogP contribution in [-0.4, -0.2) is 88.9 Å². The van der Waals surface area contributed by atoms with Crippen molar-refractivity contribution in [1.29, 1.82) is 0 Å². The van der Waals surface area contributed by atoms with Crippen LogP contribution in [0.5, 0.6) is 0 Å².